The highest BCUT2D eigenvalue weighted by Crippen LogP contribution is 2.51. The van der Waals surface area contributed by atoms with Crippen LogP contribution >= 0.6 is 15.6 Å². The van der Waals surface area contributed by atoms with E-state index in [2.05, 4.69) is 25.1 Å². The van der Waals surface area contributed by atoms with Gasteiger partial charge >= 0.3 is 34.4 Å². The van der Waals surface area contributed by atoms with Crippen LogP contribution < -0.4 is 30.2 Å². The van der Waals surface area contributed by atoms with Crippen molar-refractivity contribution in [2.75, 3.05) is 25.7 Å². The minimum atomic E-state index is -4.95. The zero-order valence-electron chi connectivity index (χ0n) is 30.0. The summed E-state index contributed by atoms with van der Waals surface area (Å²) in [4.78, 5) is 79.7. The van der Waals surface area contributed by atoms with E-state index in [0.29, 0.717) is 23.6 Å². The molecule has 0 radical (unpaired) electrons. The van der Waals surface area contributed by atoms with E-state index in [9.17, 15) is 38.1 Å². The van der Waals surface area contributed by atoms with Crippen molar-refractivity contribution in [3.8, 4) is 11.5 Å². The smallest absolute Gasteiger partial charge is 0.522 e. The van der Waals surface area contributed by atoms with Gasteiger partial charge in [0.25, 0.3) is 5.91 Å². The Hall–Kier alpha value is -4.93. The van der Waals surface area contributed by atoms with Crippen molar-refractivity contribution in [2.45, 2.75) is 57.0 Å². The number of hydrogen-bond donors (Lipinski definition) is 5. The molecule has 4 rings (SSSR count). The molecule has 288 valence electrons. The first kappa shape index (κ1) is 41.8. The van der Waals surface area contributed by atoms with E-state index in [1.54, 1.807) is 18.2 Å². The summed E-state index contributed by atoms with van der Waals surface area (Å²) in [6.07, 6.45) is 3.76. The molecule has 0 saturated carbocycles. The molecule has 2 unspecified atom stereocenters. The van der Waals surface area contributed by atoms with Crippen LogP contribution in [0.3, 0.4) is 0 Å². The largest absolute Gasteiger partial charge is 0.618 e. The van der Waals surface area contributed by atoms with Crippen LogP contribution in [-0.4, -0.2) is 89.0 Å². The number of fused-ring (bicyclic) bond motifs is 1. The van der Waals surface area contributed by atoms with E-state index < -0.39 is 64.1 Å². The molecule has 1 aliphatic heterocycles. The molecule has 2 aromatic carbocycles. The number of ether oxygens (including phenoxy) is 1. The van der Waals surface area contributed by atoms with Crippen molar-refractivity contribution in [3.63, 3.8) is 0 Å². The molecule has 0 bridgehead atoms. The van der Waals surface area contributed by atoms with Gasteiger partial charge < -0.3 is 34.5 Å². The number of rotatable bonds is 18. The van der Waals surface area contributed by atoms with Gasteiger partial charge in [0.2, 0.25) is 11.8 Å². The van der Waals surface area contributed by atoms with Crippen LogP contribution in [0.1, 0.15) is 49.2 Å². The topological polar surface area (TPSA) is 245 Å². The van der Waals surface area contributed by atoms with E-state index in [-0.39, 0.29) is 37.5 Å². The first-order valence-electron chi connectivity index (χ1n) is 16.8. The average molecular weight is 787 g/mol. The lowest BCUT2D eigenvalue weighted by Gasteiger charge is -2.25. The lowest BCUT2D eigenvalue weighted by Crippen LogP contribution is -2.57. The van der Waals surface area contributed by atoms with Gasteiger partial charge in [0.05, 0.1) is 31.5 Å². The number of carbonyl (C=O) groups is 4. The predicted octanol–water partition coefficient (Wildman–Crippen LogP) is 3.17. The van der Waals surface area contributed by atoms with E-state index >= 15 is 0 Å². The van der Waals surface area contributed by atoms with Crippen LogP contribution in [0, 0.1) is 5.92 Å². The Balaban J connectivity index is 1.36. The van der Waals surface area contributed by atoms with E-state index in [1.165, 1.54) is 30.5 Å². The molecule has 21 heteroatoms. The molecule has 1 aromatic heterocycles. The van der Waals surface area contributed by atoms with Gasteiger partial charge in [-0.2, -0.15) is 0 Å². The summed E-state index contributed by atoms with van der Waals surface area (Å²) >= 11 is 0. The summed E-state index contributed by atoms with van der Waals surface area (Å²) in [5.41, 5.74) is -0.731. The highest BCUT2D eigenvalue weighted by molar-refractivity contribution is 7.65. The molecule has 3 aromatic rings. The highest BCUT2D eigenvalue weighted by Gasteiger charge is 2.48. The van der Waals surface area contributed by atoms with Crippen LogP contribution in [0.15, 0.2) is 67.1 Å². The molecule has 1 aliphatic rings. The second-order valence-corrected chi connectivity index (χ2v) is 16.1. The third kappa shape index (κ3) is 12.0. The zero-order chi connectivity index (χ0) is 39.4. The van der Waals surface area contributed by atoms with Crippen molar-refractivity contribution < 1.29 is 56.7 Å². The predicted molar refractivity (Wildman–Crippen MR) is 196 cm³/mol. The van der Waals surface area contributed by atoms with Gasteiger partial charge in [0.1, 0.15) is 23.2 Å². The summed E-state index contributed by atoms with van der Waals surface area (Å²) in [5.74, 6) is -1.69. The highest BCUT2D eigenvalue weighted by atomic mass is 31.2. The minimum absolute atomic E-state index is 0.00503. The van der Waals surface area contributed by atoms with Gasteiger partial charge in [0, 0.05) is 38.3 Å². The Labute approximate surface area is 312 Å². The van der Waals surface area contributed by atoms with Crippen molar-refractivity contribution >= 4 is 52.2 Å². The van der Waals surface area contributed by atoms with Crippen LogP contribution in [0.2, 0.25) is 0 Å². The van der Waals surface area contributed by atoms with E-state index in [4.69, 9.17) is 14.0 Å². The average Bonchev–Trinajstić information content (AvgIpc) is 3.58. The fraction of sp³-hybridized carbons (Fsp3) is 0.394. The molecule has 4 atom stereocenters. The van der Waals surface area contributed by atoms with Gasteiger partial charge in [-0.3, -0.25) is 34.1 Å². The normalized spacial score (nSPS) is 14.1. The van der Waals surface area contributed by atoms with E-state index in [1.807, 2.05) is 49.5 Å². The number of nitrogens with zero attached hydrogens (tertiary/aromatic N) is 3. The number of aromatic nitrogens is 2. The standard InChI is InChI=1S/C33H41BN6O12P2/c1-21(2)17-28(38-30(42)24(18-22-9-6-5-7-10-22)37-31(43)25-20-35-14-15-36-25)34-51-26-13-12-23(19-27(26)52-34)40(3)33(44)50-16-8-11-29(41)39-32(53(45)49-4)54(46,47)48/h5-7,9-10,12-15,19-21,24,28,32H,8,11,16-18H2,1-4H3,(H4-,37,38,39,41,42,43,46,47,48)/p+1/t24-,28-,32?/m1/s1. The quantitative estimate of drug-likeness (QED) is 0.0707. The third-order valence-corrected chi connectivity index (χ3v) is 11.0. The van der Waals surface area contributed by atoms with Crippen LogP contribution in [-0.2, 0) is 34.4 Å². The minimum Gasteiger partial charge on any atom is -0.522 e. The first-order chi connectivity index (χ1) is 25.7. The number of hydrogen-bond acceptors (Lipinski definition) is 12. The molecular formula is C33H42BN6O12P2+. The maximum Gasteiger partial charge on any atom is 0.618 e. The maximum absolute atomic E-state index is 13.8. The summed E-state index contributed by atoms with van der Waals surface area (Å²) in [5, 5.41) is 7.78. The van der Waals surface area contributed by atoms with Gasteiger partial charge in [-0.25, -0.2) is 9.78 Å². The Morgan fingerprint density at radius 3 is 2.39 bits per heavy atom. The van der Waals surface area contributed by atoms with Gasteiger partial charge in [-0.1, -0.05) is 44.2 Å². The fourth-order valence-corrected chi connectivity index (χ4v) is 7.27. The van der Waals surface area contributed by atoms with Crippen LogP contribution in [0.25, 0.3) is 0 Å². The number of carbonyl (C=O) groups excluding carboxylic acids is 4. The molecule has 0 saturated heterocycles. The Bertz CT molecular complexity index is 1840. The molecule has 18 nitrogen and oxygen atoms in total. The Morgan fingerprint density at radius 2 is 1.74 bits per heavy atom. The molecule has 0 aliphatic carbocycles. The lowest BCUT2D eigenvalue weighted by atomic mass is 9.74. The number of benzene rings is 2. The molecule has 54 heavy (non-hydrogen) atoms. The lowest BCUT2D eigenvalue weighted by molar-refractivity contribution is -0.123. The molecular weight excluding hydrogens is 745 g/mol. The van der Waals surface area contributed by atoms with Gasteiger partial charge in [-0.05, 0) is 41.0 Å². The maximum atomic E-state index is 13.8. The van der Waals surface area contributed by atoms with Crippen LogP contribution in [0.5, 0.6) is 11.5 Å². The summed E-state index contributed by atoms with van der Waals surface area (Å²) in [6, 6.07) is 13.0. The first-order valence-corrected chi connectivity index (χ1v) is 19.7. The summed E-state index contributed by atoms with van der Waals surface area (Å²) in [7, 11) is -6.30. The molecule has 0 spiro atoms. The zero-order valence-corrected chi connectivity index (χ0v) is 31.8. The Morgan fingerprint density at radius 1 is 1.02 bits per heavy atom. The van der Waals surface area contributed by atoms with Crippen molar-refractivity contribution in [1.29, 1.82) is 0 Å². The van der Waals surface area contributed by atoms with Crippen molar-refractivity contribution in [2.24, 2.45) is 5.92 Å². The summed E-state index contributed by atoms with van der Waals surface area (Å²) < 4.78 is 45.3. The van der Waals surface area contributed by atoms with Crippen LogP contribution in [0.4, 0.5) is 10.5 Å². The molecule has 0 fully saturated rings. The molecule has 2 heterocycles. The van der Waals surface area contributed by atoms with E-state index in [0.717, 1.165) is 12.7 Å². The monoisotopic (exact) mass is 787 g/mol. The Kier molecular flexibility index (Phi) is 15.0. The third-order valence-electron chi connectivity index (χ3n) is 7.92. The second kappa shape index (κ2) is 19.4. The number of nitrogens with one attached hydrogen (secondary N) is 3. The molecule has 5 N–H and O–H groups in total. The fourth-order valence-electron chi connectivity index (χ4n) is 5.24. The van der Waals surface area contributed by atoms with Gasteiger partial charge in [0.15, 0.2) is 0 Å². The second-order valence-electron chi connectivity index (χ2n) is 12.6. The van der Waals surface area contributed by atoms with Crippen molar-refractivity contribution in [3.05, 3.63) is 78.4 Å². The molecule has 4 amide bonds. The number of anilines is 1. The van der Waals surface area contributed by atoms with Gasteiger partial charge in [-0.15, -0.1) is 4.52 Å². The SMILES string of the molecule is CO[P+](=O)C(NC(=O)CCCOC(=O)N(C)c1ccc2c(c1)OB([C@@H](CC(C)C)NC(=O)[C@@H](Cc1ccccc1)NC(=O)c1cnccn1)O2)P(=O)(O)O. The number of amides is 4. The summed E-state index contributed by atoms with van der Waals surface area (Å²) in [6.45, 7) is 3.75. The van der Waals surface area contributed by atoms with Crippen molar-refractivity contribution in [1.82, 2.24) is 25.9 Å².